The second-order valence-electron chi connectivity index (χ2n) is 8.15. The standard InChI is InChI=1S/C24H34N4O5/c1-5-7-14-28-20-11-9-8-10-18(20)26-19(24(28)32)12-13-23(31)33-16-22(30)27(6-2)15-21(29)25-17(3)4/h8-11,17H,5-7,12-16H2,1-4H3,(H,25,29). The normalized spacial score (nSPS) is 10.9. The van der Waals surface area contributed by atoms with Crippen molar-refractivity contribution in [1.29, 1.82) is 0 Å². The van der Waals surface area contributed by atoms with Crippen LogP contribution in [0.4, 0.5) is 0 Å². The molecule has 9 heteroatoms. The SMILES string of the molecule is CCCCn1c(=O)c(CCC(=O)OCC(=O)N(CC)CC(=O)NC(C)C)nc2ccccc21. The van der Waals surface area contributed by atoms with Crippen LogP contribution in [0.25, 0.3) is 11.0 Å². The van der Waals surface area contributed by atoms with Crippen molar-refractivity contribution in [2.75, 3.05) is 19.7 Å². The summed E-state index contributed by atoms with van der Waals surface area (Å²) in [5.74, 6) is -1.32. The van der Waals surface area contributed by atoms with Gasteiger partial charge in [0.2, 0.25) is 5.91 Å². The Morgan fingerprint density at radius 2 is 1.91 bits per heavy atom. The molecule has 1 N–H and O–H groups in total. The van der Waals surface area contributed by atoms with Crippen LogP contribution in [0.1, 0.15) is 52.7 Å². The summed E-state index contributed by atoms with van der Waals surface area (Å²) in [4.78, 5) is 55.1. The lowest BCUT2D eigenvalue weighted by Gasteiger charge is -2.21. The summed E-state index contributed by atoms with van der Waals surface area (Å²) in [5.41, 5.74) is 1.56. The quantitative estimate of drug-likeness (QED) is 0.488. The van der Waals surface area contributed by atoms with Crippen LogP contribution in [0.5, 0.6) is 0 Å². The lowest BCUT2D eigenvalue weighted by atomic mass is 10.2. The maximum absolute atomic E-state index is 12.9. The maximum atomic E-state index is 12.9. The number of carbonyl (C=O) groups excluding carboxylic acids is 3. The van der Waals surface area contributed by atoms with E-state index in [1.165, 1.54) is 4.90 Å². The Labute approximate surface area is 194 Å². The number of likely N-dealkylation sites (N-methyl/N-ethyl adjacent to an activating group) is 1. The number of esters is 1. The van der Waals surface area contributed by atoms with Crippen molar-refractivity contribution in [3.63, 3.8) is 0 Å². The van der Waals surface area contributed by atoms with Crippen molar-refractivity contribution in [1.82, 2.24) is 19.8 Å². The van der Waals surface area contributed by atoms with Gasteiger partial charge in [0.05, 0.1) is 24.0 Å². The molecule has 0 unspecified atom stereocenters. The zero-order chi connectivity index (χ0) is 24.4. The molecule has 0 aliphatic heterocycles. The molecular weight excluding hydrogens is 424 g/mol. The Balaban J connectivity index is 1.97. The van der Waals surface area contributed by atoms with E-state index in [2.05, 4.69) is 17.2 Å². The monoisotopic (exact) mass is 458 g/mol. The summed E-state index contributed by atoms with van der Waals surface area (Å²) >= 11 is 0. The van der Waals surface area contributed by atoms with E-state index in [1.54, 1.807) is 11.5 Å². The smallest absolute Gasteiger partial charge is 0.306 e. The predicted molar refractivity (Wildman–Crippen MR) is 126 cm³/mol. The number of fused-ring (bicyclic) bond motifs is 1. The van der Waals surface area contributed by atoms with Crippen LogP contribution in [0, 0.1) is 0 Å². The molecule has 0 spiro atoms. The molecule has 1 aromatic heterocycles. The van der Waals surface area contributed by atoms with E-state index in [-0.39, 0.29) is 36.9 Å². The topological polar surface area (TPSA) is 111 Å². The summed E-state index contributed by atoms with van der Waals surface area (Å²) in [6.45, 7) is 7.83. The second-order valence-corrected chi connectivity index (χ2v) is 8.15. The maximum Gasteiger partial charge on any atom is 0.306 e. The molecule has 1 aromatic carbocycles. The van der Waals surface area contributed by atoms with Gasteiger partial charge in [-0.2, -0.15) is 0 Å². The molecular formula is C24H34N4O5. The molecule has 0 aliphatic rings. The first-order chi connectivity index (χ1) is 15.8. The van der Waals surface area contributed by atoms with Crippen LogP contribution in [-0.2, 0) is 32.1 Å². The van der Waals surface area contributed by atoms with E-state index < -0.39 is 18.5 Å². The van der Waals surface area contributed by atoms with Crippen LogP contribution in [-0.4, -0.2) is 58.0 Å². The van der Waals surface area contributed by atoms with Gasteiger partial charge in [-0.05, 0) is 39.3 Å². The Morgan fingerprint density at radius 1 is 1.18 bits per heavy atom. The summed E-state index contributed by atoms with van der Waals surface area (Å²) in [5, 5.41) is 2.72. The number of para-hydroxylation sites is 2. The average molecular weight is 459 g/mol. The molecule has 2 rings (SSSR count). The second kappa shape index (κ2) is 12.7. The Hall–Kier alpha value is -3.23. The summed E-state index contributed by atoms with van der Waals surface area (Å²) < 4.78 is 6.80. The number of unbranched alkanes of at least 4 members (excludes halogenated alkanes) is 1. The van der Waals surface area contributed by atoms with Crippen molar-refractivity contribution in [2.45, 2.75) is 66.0 Å². The molecule has 2 aromatic rings. The van der Waals surface area contributed by atoms with Crippen LogP contribution in [0.15, 0.2) is 29.1 Å². The molecule has 0 bridgehead atoms. The third-order valence-corrected chi connectivity index (χ3v) is 5.10. The number of nitrogens with zero attached hydrogens (tertiary/aromatic N) is 3. The number of rotatable bonds is 12. The van der Waals surface area contributed by atoms with Gasteiger partial charge in [-0.3, -0.25) is 19.2 Å². The van der Waals surface area contributed by atoms with Crippen molar-refractivity contribution >= 4 is 28.8 Å². The fourth-order valence-electron chi connectivity index (χ4n) is 3.39. The minimum absolute atomic E-state index is 0.0283. The van der Waals surface area contributed by atoms with Gasteiger partial charge in [0.15, 0.2) is 6.61 Å². The van der Waals surface area contributed by atoms with Crippen LogP contribution >= 0.6 is 0 Å². The molecule has 0 radical (unpaired) electrons. The van der Waals surface area contributed by atoms with Gasteiger partial charge >= 0.3 is 5.97 Å². The number of aryl methyl sites for hydroxylation is 2. The van der Waals surface area contributed by atoms with Crippen molar-refractivity contribution < 1.29 is 19.1 Å². The van der Waals surface area contributed by atoms with E-state index in [0.717, 1.165) is 18.4 Å². The Bertz CT molecular complexity index is 1030. The fourth-order valence-corrected chi connectivity index (χ4v) is 3.39. The molecule has 33 heavy (non-hydrogen) atoms. The van der Waals surface area contributed by atoms with Crippen molar-refractivity contribution in [2.24, 2.45) is 0 Å². The molecule has 9 nitrogen and oxygen atoms in total. The highest BCUT2D eigenvalue weighted by Gasteiger charge is 2.18. The van der Waals surface area contributed by atoms with Crippen molar-refractivity contribution in [3.8, 4) is 0 Å². The number of carbonyl (C=O) groups is 3. The highest BCUT2D eigenvalue weighted by molar-refractivity contribution is 5.86. The molecule has 0 saturated carbocycles. The number of amides is 2. The zero-order valence-electron chi connectivity index (χ0n) is 19.9. The van der Waals surface area contributed by atoms with Gasteiger partial charge in [0.25, 0.3) is 11.5 Å². The van der Waals surface area contributed by atoms with E-state index in [1.807, 2.05) is 38.1 Å². The summed E-state index contributed by atoms with van der Waals surface area (Å²) in [6.07, 6.45) is 1.87. The number of nitrogens with one attached hydrogen (secondary N) is 1. The number of ether oxygens (including phenoxy) is 1. The third-order valence-electron chi connectivity index (χ3n) is 5.10. The lowest BCUT2D eigenvalue weighted by molar-refractivity contribution is -0.152. The summed E-state index contributed by atoms with van der Waals surface area (Å²) in [6, 6.07) is 7.40. The van der Waals surface area contributed by atoms with Gasteiger partial charge in [0, 0.05) is 25.6 Å². The van der Waals surface area contributed by atoms with E-state index in [9.17, 15) is 19.2 Å². The minimum Gasteiger partial charge on any atom is -0.456 e. The molecule has 0 saturated heterocycles. The zero-order valence-corrected chi connectivity index (χ0v) is 19.9. The predicted octanol–water partition coefficient (Wildman–Crippen LogP) is 2.05. The van der Waals surface area contributed by atoms with Crippen LogP contribution < -0.4 is 10.9 Å². The van der Waals surface area contributed by atoms with E-state index >= 15 is 0 Å². The Morgan fingerprint density at radius 3 is 2.58 bits per heavy atom. The third kappa shape index (κ3) is 7.69. The van der Waals surface area contributed by atoms with Gasteiger partial charge in [0.1, 0.15) is 5.69 Å². The molecule has 180 valence electrons. The molecule has 0 fully saturated rings. The number of aromatic nitrogens is 2. The number of hydrogen-bond donors (Lipinski definition) is 1. The summed E-state index contributed by atoms with van der Waals surface area (Å²) in [7, 11) is 0. The molecule has 2 amide bonds. The first-order valence-electron chi connectivity index (χ1n) is 11.5. The lowest BCUT2D eigenvalue weighted by Crippen LogP contribution is -2.44. The van der Waals surface area contributed by atoms with E-state index in [4.69, 9.17) is 4.74 Å². The van der Waals surface area contributed by atoms with Crippen LogP contribution in [0.2, 0.25) is 0 Å². The van der Waals surface area contributed by atoms with Gasteiger partial charge in [-0.15, -0.1) is 0 Å². The highest BCUT2D eigenvalue weighted by Crippen LogP contribution is 2.12. The molecule has 1 heterocycles. The Kier molecular flexibility index (Phi) is 10.0. The highest BCUT2D eigenvalue weighted by atomic mass is 16.5. The largest absolute Gasteiger partial charge is 0.456 e. The minimum atomic E-state index is -0.597. The van der Waals surface area contributed by atoms with E-state index in [0.29, 0.717) is 24.3 Å². The van der Waals surface area contributed by atoms with Gasteiger partial charge in [-0.1, -0.05) is 25.5 Å². The van der Waals surface area contributed by atoms with Gasteiger partial charge < -0.3 is 19.5 Å². The average Bonchev–Trinajstić information content (AvgIpc) is 2.78. The van der Waals surface area contributed by atoms with Gasteiger partial charge in [-0.25, -0.2) is 4.98 Å². The first kappa shape index (κ1) is 26.0. The van der Waals surface area contributed by atoms with Crippen LogP contribution in [0.3, 0.4) is 0 Å². The molecule has 0 atom stereocenters. The fraction of sp³-hybridized carbons (Fsp3) is 0.542. The number of benzene rings is 1. The number of hydrogen-bond acceptors (Lipinski definition) is 6. The molecule has 0 aliphatic carbocycles. The first-order valence-corrected chi connectivity index (χ1v) is 11.5. The van der Waals surface area contributed by atoms with Crippen molar-refractivity contribution in [3.05, 3.63) is 40.3 Å².